The molecule has 4 aromatic rings. The lowest BCUT2D eigenvalue weighted by Crippen LogP contribution is -2.27. The zero-order chi connectivity index (χ0) is 21.0. The van der Waals surface area contributed by atoms with Crippen molar-refractivity contribution >= 4 is 21.2 Å². The summed E-state index contributed by atoms with van der Waals surface area (Å²) in [7, 11) is -3.58. The number of aromatic nitrogens is 3. The third-order valence-electron chi connectivity index (χ3n) is 4.94. The van der Waals surface area contributed by atoms with Gasteiger partial charge in [0, 0.05) is 24.8 Å². The van der Waals surface area contributed by atoms with Crippen LogP contribution in [0, 0.1) is 0 Å². The van der Waals surface area contributed by atoms with Crippen LogP contribution in [0.15, 0.2) is 77.8 Å². The largest absolute Gasteiger partial charge is 0.307 e. The fraction of sp³-hybridized carbons (Fsp3) is 0.217. The Bertz CT molecular complexity index is 1230. The first-order valence-electron chi connectivity index (χ1n) is 10.0. The zero-order valence-electron chi connectivity index (χ0n) is 16.8. The van der Waals surface area contributed by atoms with Gasteiger partial charge in [0.25, 0.3) is 0 Å². The summed E-state index contributed by atoms with van der Waals surface area (Å²) in [5, 5.41) is 0. The minimum Gasteiger partial charge on any atom is -0.307 e. The first-order valence-corrected chi connectivity index (χ1v) is 11.5. The van der Waals surface area contributed by atoms with Crippen LogP contribution in [-0.2, 0) is 23.0 Å². The summed E-state index contributed by atoms with van der Waals surface area (Å²) >= 11 is 0. The first-order chi connectivity index (χ1) is 14.6. The van der Waals surface area contributed by atoms with Crippen molar-refractivity contribution in [3.63, 3.8) is 0 Å². The molecule has 30 heavy (non-hydrogen) atoms. The SMILES string of the molecule is CCCc1ccc(S(=O)(=O)NCCn2c(-c3ccccc3)nc3cccnc32)cc1. The van der Waals surface area contributed by atoms with Crippen molar-refractivity contribution < 1.29 is 8.42 Å². The van der Waals surface area contributed by atoms with Crippen LogP contribution in [-0.4, -0.2) is 29.5 Å². The molecule has 2 aromatic carbocycles. The van der Waals surface area contributed by atoms with Gasteiger partial charge < -0.3 is 4.57 Å². The van der Waals surface area contributed by atoms with E-state index in [1.165, 1.54) is 0 Å². The maximum Gasteiger partial charge on any atom is 0.240 e. The third-order valence-corrected chi connectivity index (χ3v) is 6.41. The van der Waals surface area contributed by atoms with Gasteiger partial charge in [0.1, 0.15) is 11.3 Å². The van der Waals surface area contributed by atoms with E-state index in [0.29, 0.717) is 6.54 Å². The molecule has 0 radical (unpaired) electrons. The van der Waals surface area contributed by atoms with E-state index in [4.69, 9.17) is 4.98 Å². The number of imidazole rings is 1. The van der Waals surface area contributed by atoms with Crippen LogP contribution in [0.1, 0.15) is 18.9 Å². The van der Waals surface area contributed by atoms with Gasteiger partial charge in [-0.15, -0.1) is 0 Å². The first kappa shape index (κ1) is 20.3. The molecule has 154 valence electrons. The molecule has 4 rings (SSSR count). The number of hydrogen-bond donors (Lipinski definition) is 1. The highest BCUT2D eigenvalue weighted by Crippen LogP contribution is 2.23. The molecule has 0 atom stereocenters. The summed E-state index contributed by atoms with van der Waals surface area (Å²) < 4.78 is 30.1. The van der Waals surface area contributed by atoms with Crippen LogP contribution in [0.25, 0.3) is 22.6 Å². The average molecular weight is 421 g/mol. The van der Waals surface area contributed by atoms with Gasteiger partial charge >= 0.3 is 0 Å². The predicted molar refractivity (Wildman–Crippen MR) is 119 cm³/mol. The smallest absolute Gasteiger partial charge is 0.240 e. The lowest BCUT2D eigenvalue weighted by Gasteiger charge is -2.11. The maximum atomic E-state index is 12.7. The minimum absolute atomic E-state index is 0.237. The summed E-state index contributed by atoms with van der Waals surface area (Å²) in [6, 6.07) is 20.7. The number of sulfonamides is 1. The molecule has 0 saturated carbocycles. The van der Waals surface area contributed by atoms with Crippen molar-refractivity contribution in [1.82, 2.24) is 19.3 Å². The lowest BCUT2D eigenvalue weighted by molar-refractivity contribution is 0.574. The second kappa shape index (κ2) is 8.77. The van der Waals surface area contributed by atoms with Crippen molar-refractivity contribution in [2.75, 3.05) is 6.54 Å². The van der Waals surface area contributed by atoms with Gasteiger partial charge in [0.2, 0.25) is 10.0 Å². The number of fused-ring (bicyclic) bond motifs is 1. The molecule has 0 fully saturated rings. The van der Waals surface area contributed by atoms with Crippen LogP contribution < -0.4 is 4.72 Å². The fourth-order valence-electron chi connectivity index (χ4n) is 3.48. The van der Waals surface area contributed by atoms with Crippen LogP contribution >= 0.6 is 0 Å². The molecule has 7 heteroatoms. The quantitative estimate of drug-likeness (QED) is 0.467. The molecule has 6 nitrogen and oxygen atoms in total. The number of hydrogen-bond acceptors (Lipinski definition) is 4. The topological polar surface area (TPSA) is 76.9 Å². The summed E-state index contributed by atoms with van der Waals surface area (Å²) in [6.45, 7) is 2.76. The highest BCUT2D eigenvalue weighted by Gasteiger charge is 2.16. The zero-order valence-corrected chi connectivity index (χ0v) is 17.6. The van der Waals surface area contributed by atoms with E-state index in [-0.39, 0.29) is 11.4 Å². The molecular formula is C23H24N4O2S. The van der Waals surface area contributed by atoms with Gasteiger partial charge in [0.15, 0.2) is 5.65 Å². The normalized spacial score (nSPS) is 11.8. The molecule has 0 aliphatic rings. The summed E-state index contributed by atoms with van der Waals surface area (Å²) in [6.07, 6.45) is 3.69. The monoisotopic (exact) mass is 420 g/mol. The number of rotatable bonds is 8. The number of nitrogens with zero attached hydrogens (tertiary/aromatic N) is 3. The van der Waals surface area contributed by atoms with E-state index < -0.39 is 10.0 Å². The van der Waals surface area contributed by atoms with Crippen LogP contribution in [0.2, 0.25) is 0 Å². The van der Waals surface area contributed by atoms with E-state index in [9.17, 15) is 8.42 Å². The summed E-state index contributed by atoms with van der Waals surface area (Å²) in [4.78, 5) is 9.43. The summed E-state index contributed by atoms with van der Waals surface area (Å²) in [5.41, 5.74) is 3.62. The molecule has 2 heterocycles. The molecule has 1 N–H and O–H groups in total. The Hall–Kier alpha value is -3.03. The third kappa shape index (κ3) is 4.27. The van der Waals surface area contributed by atoms with E-state index in [2.05, 4.69) is 16.6 Å². The molecule has 0 unspecified atom stereocenters. The van der Waals surface area contributed by atoms with E-state index >= 15 is 0 Å². The Morgan fingerprint density at radius 3 is 2.47 bits per heavy atom. The van der Waals surface area contributed by atoms with Crippen molar-refractivity contribution in [3.8, 4) is 11.4 Å². The molecule has 0 spiro atoms. The fourth-order valence-corrected chi connectivity index (χ4v) is 4.50. The van der Waals surface area contributed by atoms with Crippen LogP contribution in [0.5, 0.6) is 0 Å². The van der Waals surface area contributed by atoms with Crippen molar-refractivity contribution in [1.29, 1.82) is 0 Å². The van der Waals surface area contributed by atoms with Gasteiger partial charge in [0.05, 0.1) is 4.90 Å². The Balaban J connectivity index is 1.55. The highest BCUT2D eigenvalue weighted by atomic mass is 32.2. The standard InChI is InChI=1S/C23H24N4O2S/c1-2-7-18-11-13-20(14-12-18)30(28,29)25-16-17-27-22(19-8-4-3-5-9-19)26-21-10-6-15-24-23(21)27/h3-6,8-15,25H,2,7,16-17H2,1H3. The van der Waals surface area contributed by atoms with Gasteiger partial charge in [-0.3, -0.25) is 0 Å². The van der Waals surface area contributed by atoms with Crippen LogP contribution in [0.4, 0.5) is 0 Å². The molecule has 0 bridgehead atoms. The molecule has 0 amide bonds. The summed E-state index contributed by atoms with van der Waals surface area (Å²) in [5.74, 6) is 0.771. The molecule has 0 saturated heterocycles. The predicted octanol–water partition coefficient (Wildman–Crippen LogP) is 4.03. The van der Waals surface area contributed by atoms with Crippen molar-refractivity contribution in [2.24, 2.45) is 0 Å². The number of pyridine rings is 1. The molecule has 0 aliphatic carbocycles. The van der Waals surface area contributed by atoms with Gasteiger partial charge in [-0.1, -0.05) is 55.8 Å². The average Bonchev–Trinajstić information content (AvgIpc) is 3.14. The Morgan fingerprint density at radius 1 is 0.967 bits per heavy atom. The van der Waals surface area contributed by atoms with Gasteiger partial charge in [-0.05, 0) is 36.2 Å². The van der Waals surface area contributed by atoms with Crippen LogP contribution in [0.3, 0.4) is 0 Å². The van der Waals surface area contributed by atoms with E-state index in [1.54, 1.807) is 18.3 Å². The number of nitrogens with one attached hydrogen (secondary N) is 1. The van der Waals surface area contributed by atoms with Gasteiger partial charge in [-0.2, -0.15) is 0 Å². The van der Waals surface area contributed by atoms with E-state index in [1.807, 2.05) is 59.2 Å². The Morgan fingerprint density at radius 2 is 1.73 bits per heavy atom. The highest BCUT2D eigenvalue weighted by molar-refractivity contribution is 7.89. The lowest BCUT2D eigenvalue weighted by atomic mass is 10.1. The number of benzene rings is 2. The second-order valence-electron chi connectivity index (χ2n) is 7.09. The Kier molecular flexibility index (Phi) is 5.92. The van der Waals surface area contributed by atoms with Crippen molar-refractivity contribution in [3.05, 3.63) is 78.5 Å². The molecule has 0 aliphatic heterocycles. The van der Waals surface area contributed by atoms with Crippen molar-refractivity contribution in [2.45, 2.75) is 31.2 Å². The second-order valence-corrected chi connectivity index (χ2v) is 8.86. The minimum atomic E-state index is -3.58. The molecule has 2 aromatic heterocycles. The van der Waals surface area contributed by atoms with E-state index in [0.717, 1.165) is 41.0 Å². The molecular weight excluding hydrogens is 396 g/mol. The maximum absolute atomic E-state index is 12.7. The van der Waals surface area contributed by atoms with Gasteiger partial charge in [-0.25, -0.2) is 23.1 Å². The Labute approximate surface area is 176 Å². The number of aryl methyl sites for hydroxylation is 1.